The third kappa shape index (κ3) is 3.03. The SMILES string of the molecule is CCCNS(=O)(=O)c1ccccc1NC1CC1C. The van der Waals surface area contributed by atoms with Crippen LogP contribution < -0.4 is 10.0 Å². The summed E-state index contributed by atoms with van der Waals surface area (Å²) in [5.41, 5.74) is 0.704. The number of para-hydroxylation sites is 1. The minimum atomic E-state index is -3.40. The first-order valence-electron chi connectivity index (χ1n) is 6.40. The average molecular weight is 268 g/mol. The van der Waals surface area contributed by atoms with Crippen molar-refractivity contribution in [2.24, 2.45) is 5.92 Å². The first-order valence-corrected chi connectivity index (χ1v) is 7.88. The lowest BCUT2D eigenvalue weighted by Gasteiger charge is -2.12. The fourth-order valence-electron chi connectivity index (χ4n) is 1.86. The molecule has 1 fully saturated rings. The van der Waals surface area contributed by atoms with Crippen molar-refractivity contribution in [2.45, 2.75) is 37.6 Å². The summed E-state index contributed by atoms with van der Waals surface area (Å²) in [5, 5.41) is 3.30. The molecule has 1 aromatic carbocycles. The molecule has 0 saturated heterocycles. The molecule has 2 unspecified atom stereocenters. The Labute approximate surface area is 109 Å². The summed E-state index contributed by atoms with van der Waals surface area (Å²) in [6.45, 7) is 4.57. The molecule has 5 heteroatoms. The number of anilines is 1. The Bertz CT molecular complexity index is 513. The Morgan fingerprint density at radius 2 is 2.00 bits per heavy atom. The normalized spacial score (nSPS) is 22.8. The summed E-state index contributed by atoms with van der Waals surface area (Å²) in [5.74, 6) is 0.629. The van der Waals surface area contributed by atoms with Crippen molar-refractivity contribution < 1.29 is 8.42 Å². The van der Waals surface area contributed by atoms with E-state index in [1.165, 1.54) is 0 Å². The van der Waals surface area contributed by atoms with Gasteiger partial charge in [0.2, 0.25) is 10.0 Å². The molecule has 4 nitrogen and oxygen atoms in total. The van der Waals surface area contributed by atoms with Crippen molar-refractivity contribution in [1.82, 2.24) is 4.72 Å². The van der Waals surface area contributed by atoms with Gasteiger partial charge in [-0.1, -0.05) is 26.0 Å². The molecule has 0 aromatic heterocycles. The van der Waals surface area contributed by atoms with Crippen LogP contribution in [0.4, 0.5) is 5.69 Å². The van der Waals surface area contributed by atoms with Gasteiger partial charge in [-0.2, -0.15) is 0 Å². The molecule has 1 aliphatic rings. The van der Waals surface area contributed by atoms with Gasteiger partial charge in [-0.3, -0.25) is 0 Å². The molecule has 1 aliphatic carbocycles. The molecule has 0 aliphatic heterocycles. The second-order valence-corrected chi connectivity index (χ2v) is 6.59. The van der Waals surface area contributed by atoms with E-state index in [4.69, 9.17) is 0 Å². The molecular formula is C13H20N2O2S. The van der Waals surface area contributed by atoms with Gasteiger partial charge in [-0.25, -0.2) is 13.1 Å². The zero-order chi connectivity index (χ0) is 13.2. The molecule has 0 heterocycles. The molecule has 0 radical (unpaired) electrons. The van der Waals surface area contributed by atoms with Gasteiger partial charge in [0.05, 0.1) is 5.69 Å². The van der Waals surface area contributed by atoms with E-state index in [0.29, 0.717) is 29.1 Å². The van der Waals surface area contributed by atoms with Crippen LogP contribution in [0.25, 0.3) is 0 Å². The second-order valence-electron chi connectivity index (χ2n) is 4.86. The monoisotopic (exact) mass is 268 g/mol. The highest BCUT2D eigenvalue weighted by molar-refractivity contribution is 7.89. The lowest BCUT2D eigenvalue weighted by atomic mass is 10.3. The van der Waals surface area contributed by atoms with Crippen molar-refractivity contribution >= 4 is 15.7 Å². The molecule has 0 spiro atoms. The highest BCUT2D eigenvalue weighted by atomic mass is 32.2. The number of rotatable bonds is 6. The summed E-state index contributed by atoms with van der Waals surface area (Å²) >= 11 is 0. The first kappa shape index (κ1) is 13.4. The Hall–Kier alpha value is -1.07. The molecule has 100 valence electrons. The van der Waals surface area contributed by atoms with E-state index in [1.807, 2.05) is 19.1 Å². The van der Waals surface area contributed by atoms with Crippen molar-refractivity contribution in [2.75, 3.05) is 11.9 Å². The van der Waals surface area contributed by atoms with Crippen LogP contribution in [-0.4, -0.2) is 21.0 Å². The standard InChI is InChI=1S/C13H20N2O2S/c1-3-8-14-18(16,17)13-7-5-4-6-11(13)15-12-9-10(12)2/h4-7,10,12,14-15H,3,8-9H2,1-2H3. The maximum atomic E-state index is 12.1. The molecular weight excluding hydrogens is 248 g/mol. The molecule has 1 aromatic rings. The molecule has 2 N–H and O–H groups in total. The van der Waals surface area contributed by atoms with Gasteiger partial charge in [-0.05, 0) is 30.9 Å². The molecule has 1 saturated carbocycles. The van der Waals surface area contributed by atoms with E-state index in [0.717, 1.165) is 12.8 Å². The number of hydrogen-bond acceptors (Lipinski definition) is 3. The summed E-state index contributed by atoms with van der Waals surface area (Å²) in [6, 6.07) is 7.49. The van der Waals surface area contributed by atoms with Gasteiger partial charge in [0.25, 0.3) is 0 Å². The number of hydrogen-bond donors (Lipinski definition) is 2. The van der Waals surface area contributed by atoms with E-state index in [-0.39, 0.29) is 0 Å². The molecule has 0 amide bonds. The van der Waals surface area contributed by atoms with E-state index in [9.17, 15) is 8.42 Å². The van der Waals surface area contributed by atoms with Crippen LogP contribution in [0.2, 0.25) is 0 Å². The predicted molar refractivity (Wildman–Crippen MR) is 73.1 cm³/mol. The Kier molecular flexibility index (Phi) is 3.92. The lowest BCUT2D eigenvalue weighted by Crippen LogP contribution is -2.25. The van der Waals surface area contributed by atoms with Crippen LogP contribution in [0.3, 0.4) is 0 Å². The zero-order valence-corrected chi connectivity index (χ0v) is 11.6. The largest absolute Gasteiger partial charge is 0.381 e. The number of sulfonamides is 1. The van der Waals surface area contributed by atoms with Crippen molar-refractivity contribution in [3.05, 3.63) is 24.3 Å². The van der Waals surface area contributed by atoms with Crippen LogP contribution in [-0.2, 0) is 10.0 Å². The average Bonchev–Trinajstić information content (AvgIpc) is 3.03. The highest BCUT2D eigenvalue weighted by Crippen LogP contribution is 2.34. The van der Waals surface area contributed by atoms with Gasteiger partial charge in [0, 0.05) is 12.6 Å². The summed E-state index contributed by atoms with van der Waals surface area (Å²) < 4.78 is 26.9. The second kappa shape index (κ2) is 5.28. The first-order chi connectivity index (χ1) is 8.54. The lowest BCUT2D eigenvalue weighted by molar-refractivity contribution is 0.581. The topological polar surface area (TPSA) is 58.2 Å². The quantitative estimate of drug-likeness (QED) is 0.831. The van der Waals surface area contributed by atoms with E-state index in [1.54, 1.807) is 12.1 Å². The molecule has 2 atom stereocenters. The minimum absolute atomic E-state index is 0.345. The maximum absolute atomic E-state index is 12.1. The van der Waals surface area contributed by atoms with Gasteiger partial charge in [0.1, 0.15) is 4.90 Å². The van der Waals surface area contributed by atoms with Crippen molar-refractivity contribution in [3.8, 4) is 0 Å². The van der Waals surface area contributed by atoms with Crippen LogP contribution >= 0.6 is 0 Å². The van der Waals surface area contributed by atoms with Gasteiger partial charge >= 0.3 is 0 Å². The van der Waals surface area contributed by atoms with Crippen LogP contribution in [0.15, 0.2) is 29.2 Å². The van der Waals surface area contributed by atoms with Gasteiger partial charge < -0.3 is 5.32 Å². The summed E-state index contributed by atoms with van der Waals surface area (Å²) in [7, 11) is -3.40. The van der Waals surface area contributed by atoms with E-state index >= 15 is 0 Å². The number of nitrogens with one attached hydrogen (secondary N) is 2. The third-order valence-corrected chi connectivity index (χ3v) is 4.69. The molecule has 18 heavy (non-hydrogen) atoms. The smallest absolute Gasteiger partial charge is 0.242 e. The molecule has 2 rings (SSSR count). The summed E-state index contributed by atoms with van der Waals surface area (Å²) in [6.07, 6.45) is 1.89. The van der Waals surface area contributed by atoms with Crippen LogP contribution in [0.5, 0.6) is 0 Å². The van der Waals surface area contributed by atoms with Crippen molar-refractivity contribution in [3.63, 3.8) is 0 Å². The van der Waals surface area contributed by atoms with Crippen LogP contribution in [0, 0.1) is 5.92 Å². The third-order valence-electron chi connectivity index (χ3n) is 3.17. The zero-order valence-electron chi connectivity index (χ0n) is 10.8. The Balaban J connectivity index is 2.21. The summed E-state index contributed by atoms with van der Waals surface area (Å²) in [4.78, 5) is 0.345. The molecule has 0 bridgehead atoms. The van der Waals surface area contributed by atoms with E-state index < -0.39 is 10.0 Å². The fourth-order valence-corrected chi connectivity index (χ4v) is 3.16. The minimum Gasteiger partial charge on any atom is -0.381 e. The fraction of sp³-hybridized carbons (Fsp3) is 0.538. The van der Waals surface area contributed by atoms with Crippen molar-refractivity contribution in [1.29, 1.82) is 0 Å². The Morgan fingerprint density at radius 3 is 2.61 bits per heavy atom. The van der Waals surface area contributed by atoms with Gasteiger partial charge in [-0.15, -0.1) is 0 Å². The van der Waals surface area contributed by atoms with Crippen LogP contribution in [0.1, 0.15) is 26.7 Å². The van der Waals surface area contributed by atoms with E-state index in [2.05, 4.69) is 17.0 Å². The van der Waals surface area contributed by atoms with Gasteiger partial charge in [0.15, 0.2) is 0 Å². The maximum Gasteiger partial charge on any atom is 0.242 e. The Morgan fingerprint density at radius 1 is 1.33 bits per heavy atom. The highest BCUT2D eigenvalue weighted by Gasteiger charge is 2.33. The predicted octanol–water partition coefficient (Wildman–Crippen LogP) is 2.20. The number of benzene rings is 1.